The Morgan fingerprint density at radius 3 is 1.75 bits per heavy atom. The van der Waals surface area contributed by atoms with Gasteiger partial charge < -0.3 is 79.2 Å². The Bertz CT molecular complexity index is 3480. The van der Waals surface area contributed by atoms with Gasteiger partial charge >= 0.3 is 5.97 Å². The van der Waals surface area contributed by atoms with E-state index in [4.69, 9.17) is 11.5 Å². The quantitative estimate of drug-likeness (QED) is 0.0423. The number of carbonyl (C=O) groups is 10. The van der Waals surface area contributed by atoms with Crippen LogP contribution in [0.4, 0.5) is 0 Å². The van der Waals surface area contributed by atoms with Crippen LogP contribution in [0.15, 0.2) is 146 Å². The maximum atomic E-state index is 15.3. The van der Waals surface area contributed by atoms with E-state index in [1.807, 2.05) is 0 Å². The second-order valence-corrected chi connectivity index (χ2v) is 24.5. The van der Waals surface area contributed by atoms with E-state index in [-0.39, 0.29) is 67.9 Å². The Morgan fingerprint density at radius 2 is 1.13 bits per heavy atom. The summed E-state index contributed by atoms with van der Waals surface area (Å²) in [6.45, 7) is 1.41. The first-order chi connectivity index (χ1) is 43.7. The number of aromatic nitrogens is 1. The van der Waals surface area contributed by atoms with Crippen molar-refractivity contribution in [3.05, 3.63) is 174 Å². The number of nitrogens with zero attached hydrogens (tertiary/aromatic N) is 1. The van der Waals surface area contributed by atoms with Crippen LogP contribution in [0.1, 0.15) is 58.8 Å². The van der Waals surface area contributed by atoms with Gasteiger partial charge in [-0.15, -0.1) is 0 Å². The van der Waals surface area contributed by atoms with Crippen LogP contribution >= 0.6 is 21.6 Å². The molecule has 6 aromatic rings. The lowest BCUT2D eigenvalue weighted by Gasteiger charge is -2.32. The van der Waals surface area contributed by atoms with Crippen molar-refractivity contribution < 1.29 is 63.3 Å². The highest BCUT2D eigenvalue weighted by molar-refractivity contribution is 8.76. The van der Waals surface area contributed by atoms with Gasteiger partial charge in [0, 0.05) is 60.5 Å². The number of unbranched alkanes of at least 4 members (excludes halogenated alkanes) is 1. The van der Waals surface area contributed by atoms with Crippen LogP contribution in [0.2, 0.25) is 0 Å². The van der Waals surface area contributed by atoms with Gasteiger partial charge in [0.2, 0.25) is 41.4 Å². The average Bonchev–Trinajstić information content (AvgIpc) is 2.17. The lowest BCUT2D eigenvalue weighted by Crippen LogP contribution is -2.64. The number of aromatic amines is 1. The Labute approximate surface area is 533 Å². The highest BCUT2D eigenvalue weighted by Gasteiger charge is 2.39. The van der Waals surface area contributed by atoms with Crippen molar-refractivity contribution in [1.29, 1.82) is 0 Å². The van der Waals surface area contributed by atoms with E-state index in [1.165, 1.54) is 38.2 Å². The molecular formula is C64H76N12O13S2. The average molecular weight is 1290 g/mol. The largest absolute Gasteiger partial charge is 0.508 e. The molecule has 16 N–H and O–H groups in total. The Hall–Kier alpha value is -9.28. The Morgan fingerprint density at radius 1 is 0.604 bits per heavy atom. The van der Waals surface area contributed by atoms with Gasteiger partial charge in [0.05, 0.1) is 12.1 Å². The van der Waals surface area contributed by atoms with Crippen LogP contribution in [-0.4, -0.2) is 170 Å². The first-order valence-corrected chi connectivity index (χ1v) is 31.9. The van der Waals surface area contributed by atoms with Crippen LogP contribution < -0.4 is 54.0 Å². The summed E-state index contributed by atoms with van der Waals surface area (Å²) in [5, 5.41) is 53.2. The normalized spacial score (nSPS) is 21.9. The van der Waals surface area contributed by atoms with Crippen LogP contribution in [0.25, 0.3) is 10.9 Å². The van der Waals surface area contributed by atoms with Gasteiger partial charge in [-0.25, -0.2) is 4.79 Å². The summed E-state index contributed by atoms with van der Waals surface area (Å²) >= 11 is 0. The zero-order valence-corrected chi connectivity index (χ0v) is 51.7. The summed E-state index contributed by atoms with van der Waals surface area (Å²) in [7, 11) is 3.06. The number of phenolic OH excluding ortho intramolecular Hbond substituents is 1. The summed E-state index contributed by atoms with van der Waals surface area (Å²) in [6.07, 6.45) is -2.13. The second kappa shape index (κ2) is 34.1. The molecule has 0 aliphatic carbocycles. The molecule has 1 fully saturated rings. The predicted octanol–water partition coefficient (Wildman–Crippen LogP) is 1.07. The van der Waals surface area contributed by atoms with Gasteiger partial charge in [-0.3, -0.25) is 43.2 Å². The van der Waals surface area contributed by atoms with E-state index in [1.54, 1.807) is 121 Å². The molecule has 0 unspecified atom stereocenters. The number of rotatable bonds is 18. The molecule has 91 heavy (non-hydrogen) atoms. The number of aliphatic hydroxyl groups is 1. The summed E-state index contributed by atoms with van der Waals surface area (Å²) in [6, 6.07) is 25.4. The molecule has 2 heterocycles. The zero-order chi connectivity index (χ0) is 65.6. The predicted molar refractivity (Wildman–Crippen MR) is 343 cm³/mol. The molecule has 5 aromatic carbocycles. The number of aliphatic carboxylic acids is 1. The van der Waals surface area contributed by atoms with Gasteiger partial charge in [0.15, 0.2) is 6.17 Å². The monoisotopic (exact) mass is 1280 g/mol. The Balaban J connectivity index is 1.32. The summed E-state index contributed by atoms with van der Waals surface area (Å²) in [5.41, 5.74) is 15.2. The van der Waals surface area contributed by atoms with E-state index in [0.717, 1.165) is 26.5 Å². The smallest absolute Gasteiger partial charge is 0.327 e. The topological polar surface area (TPSA) is 399 Å². The van der Waals surface area contributed by atoms with Gasteiger partial charge in [-0.1, -0.05) is 131 Å². The number of aliphatic hydroxyl groups excluding tert-OH is 1. The number of aromatic hydroxyl groups is 1. The van der Waals surface area contributed by atoms with Crippen molar-refractivity contribution in [1.82, 2.24) is 52.4 Å². The summed E-state index contributed by atoms with van der Waals surface area (Å²) < 4.78 is 0. The molecule has 7 rings (SSSR count). The first kappa shape index (κ1) is 69.2. The van der Waals surface area contributed by atoms with E-state index in [9.17, 15) is 48.9 Å². The maximum Gasteiger partial charge on any atom is 0.327 e. The lowest BCUT2D eigenvalue weighted by atomic mass is 10.0. The van der Waals surface area contributed by atoms with Crippen molar-refractivity contribution in [2.45, 2.75) is 112 Å². The third kappa shape index (κ3) is 20.4. The van der Waals surface area contributed by atoms with Crippen LogP contribution in [0.5, 0.6) is 5.75 Å². The number of carboxylic acid groups (broad SMARTS) is 1. The second-order valence-electron chi connectivity index (χ2n) is 21.9. The number of phenols is 1. The molecule has 1 aliphatic rings. The number of nitrogens with two attached hydrogens (primary N) is 2. The number of benzene rings is 5. The van der Waals surface area contributed by atoms with Gasteiger partial charge in [0.1, 0.15) is 48.0 Å². The number of nitrogens with one attached hydrogen (secondary N) is 9. The summed E-state index contributed by atoms with van der Waals surface area (Å²) in [4.78, 5) is 149. The molecule has 9 amide bonds. The van der Waals surface area contributed by atoms with Crippen molar-refractivity contribution in [2.75, 3.05) is 25.1 Å². The van der Waals surface area contributed by atoms with E-state index < -0.39 is 120 Å². The molecule has 1 aliphatic heterocycles. The van der Waals surface area contributed by atoms with E-state index >= 15 is 14.4 Å². The highest BCUT2D eigenvalue weighted by Crippen LogP contribution is 2.25. The SMILES string of the molecule is C[C@@H](O)[C@@H]1NC(=O)[C@H](CCCCN)NC(=O)[C@H](Cc2c[nH]c3ccccc23)NC(=O)[C@@H](N(C)C(=O)c2ccccc2)NC(=O)[C@H](Cc2ccccc2)NC(=O)[C@@H](NC(=O)[C@@H](N)Cc2ccc(O)cc2)CSSC[C@@H](C(=O)O)NC(=O)[C@H](Cc2ccccc2)NC1=O. The number of para-hydroxylation sites is 1. The minimum Gasteiger partial charge on any atom is -0.508 e. The molecule has 0 radical (unpaired) electrons. The number of fused-ring (bicyclic) bond motifs is 1. The van der Waals surface area contributed by atoms with E-state index in [2.05, 4.69) is 47.5 Å². The Kier molecular flexibility index (Phi) is 25.9. The van der Waals surface area contributed by atoms with Gasteiger partial charge in [-0.2, -0.15) is 0 Å². The molecule has 0 bridgehead atoms. The minimum atomic E-state index is -1.95. The van der Waals surface area contributed by atoms with Gasteiger partial charge in [-0.05, 0) is 91.7 Å². The van der Waals surface area contributed by atoms with E-state index in [0.29, 0.717) is 39.6 Å². The van der Waals surface area contributed by atoms with Crippen LogP contribution in [0, 0.1) is 0 Å². The van der Waals surface area contributed by atoms with Crippen molar-refractivity contribution >= 4 is 91.6 Å². The number of hydrogen-bond acceptors (Lipinski definition) is 16. The number of amides is 9. The fraction of sp³-hybridized carbons (Fsp3) is 0.344. The third-order valence-electron chi connectivity index (χ3n) is 15.0. The summed E-state index contributed by atoms with van der Waals surface area (Å²) in [5.74, 6) is -10.7. The molecular weight excluding hydrogens is 1210 g/mol. The molecule has 482 valence electrons. The number of carbonyl (C=O) groups excluding carboxylic acids is 9. The van der Waals surface area contributed by atoms with Crippen molar-refractivity contribution in [3.8, 4) is 5.75 Å². The van der Waals surface area contributed by atoms with Crippen LogP contribution in [-0.2, 0) is 68.8 Å². The standard InChI is InChI=1S/C64H76N12O13S2/c1-37(77)53-61(85)70-48(31-38-16-6-3-7-17-38)57(81)73-52(64(88)89)36-91-90-35-51(72-55(79)45(66)30-40-25-27-43(78)28-26-40)60(84)69-49(32-39-18-8-4-9-19-39)59(83)75-54(76(2)63(87)41-20-10-5-11-21-41)62(86)71-50(33-42-34-67-46-23-13-12-22-44(42)46)58(82)68-47(56(80)74-53)24-14-15-29-65/h3-13,16-23,25-28,34,37,45,47-54,67,77-78H,14-15,24,29-33,35-36,65-66H2,1-2H3,(H,68,82)(H,69,84)(H,70,85)(H,71,86)(H,72,79)(H,73,81)(H,74,80)(H,75,83)(H,88,89)/t37-,45+,47+,48+,49+,50+,51+,52+,53+,54-/m1/s1. The molecule has 10 atom stereocenters. The number of hydrogen-bond donors (Lipinski definition) is 14. The fourth-order valence-corrected chi connectivity index (χ4v) is 12.2. The zero-order valence-electron chi connectivity index (χ0n) is 50.0. The molecule has 1 saturated heterocycles. The number of carboxylic acids is 1. The number of likely N-dealkylation sites (N-methyl/N-ethyl adjacent to an activating group) is 1. The van der Waals surface area contributed by atoms with Crippen LogP contribution in [0.3, 0.4) is 0 Å². The van der Waals surface area contributed by atoms with Crippen molar-refractivity contribution in [3.63, 3.8) is 0 Å². The maximum absolute atomic E-state index is 15.3. The first-order valence-electron chi connectivity index (χ1n) is 29.5. The molecule has 0 spiro atoms. The highest BCUT2D eigenvalue weighted by atomic mass is 33.1. The van der Waals surface area contributed by atoms with Crippen molar-refractivity contribution in [2.24, 2.45) is 11.5 Å². The van der Waals surface area contributed by atoms with Gasteiger partial charge in [0.25, 0.3) is 11.8 Å². The molecule has 25 nitrogen and oxygen atoms in total. The minimum absolute atomic E-state index is 0.0269. The molecule has 1 aromatic heterocycles. The lowest BCUT2D eigenvalue weighted by molar-refractivity contribution is -0.141. The fourth-order valence-electron chi connectivity index (χ4n) is 9.92. The third-order valence-corrected chi connectivity index (χ3v) is 17.4. The molecule has 0 saturated carbocycles. The molecule has 27 heteroatoms. The number of H-pyrrole nitrogens is 1.